The number of sulfone groups is 1. The lowest BCUT2D eigenvalue weighted by atomic mass is 10.2. The van der Waals surface area contributed by atoms with Crippen LogP contribution in [0.15, 0.2) is 29.0 Å². The van der Waals surface area contributed by atoms with Gasteiger partial charge < -0.3 is 14.6 Å². The summed E-state index contributed by atoms with van der Waals surface area (Å²) in [6, 6.07) is 3.58. The van der Waals surface area contributed by atoms with Crippen molar-refractivity contribution >= 4 is 21.6 Å². The Morgan fingerprint density at radius 2 is 2.36 bits per heavy atom. The van der Waals surface area contributed by atoms with Crippen molar-refractivity contribution < 1.29 is 12.8 Å². The summed E-state index contributed by atoms with van der Waals surface area (Å²) in [6.07, 6.45) is 3.74. The third kappa shape index (κ3) is 3.35. The zero-order valence-electron chi connectivity index (χ0n) is 12.1. The molecule has 1 unspecified atom stereocenters. The Morgan fingerprint density at radius 3 is 3.05 bits per heavy atom. The first-order valence-electron chi connectivity index (χ1n) is 6.93. The van der Waals surface area contributed by atoms with Crippen LogP contribution in [0.4, 0.5) is 11.8 Å². The van der Waals surface area contributed by atoms with Crippen molar-refractivity contribution in [2.24, 2.45) is 0 Å². The SMILES string of the molecule is CN(c1cnnc(NCc2ccco2)n1)C1CCS(=O)(=O)C1. The molecule has 1 aliphatic rings. The first kappa shape index (κ1) is 14.8. The summed E-state index contributed by atoms with van der Waals surface area (Å²) < 4.78 is 28.4. The van der Waals surface area contributed by atoms with Gasteiger partial charge in [-0.1, -0.05) is 0 Å². The minimum Gasteiger partial charge on any atom is -0.467 e. The van der Waals surface area contributed by atoms with E-state index in [2.05, 4.69) is 20.5 Å². The molecule has 1 saturated heterocycles. The summed E-state index contributed by atoms with van der Waals surface area (Å²) in [5.74, 6) is 2.12. The highest BCUT2D eigenvalue weighted by Gasteiger charge is 2.31. The van der Waals surface area contributed by atoms with Crippen molar-refractivity contribution in [2.45, 2.75) is 19.0 Å². The smallest absolute Gasteiger partial charge is 0.245 e. The second-order valence-corrected chi connectivity index (χ2v) is 7.47. The van der Waals surface area contributed by atoms with E-state index in [4.69, 9.17) is 4.42 Å². The molecular weight excluding hydrogens is 306 g/mol. The van der Waals surface area contributed by atoms with Gasteiger partial charge in [0.05, 0.1) is 30.5 Å². The third-order valence-electron chi connectivity index (χ3n) is 3.66. The van der Waals surface area contributed by atoms with E-state index in [1.165, 1.54) is 6.20 Å². The molecule has 2 aromatic heterocycles. The molecule has 2 aromatic rings. The average Bonchev–Trinajstić information content (AvgIpc) is 3.14. The van der Waals surface area contributed by atoms with Crippen LogP contribution in [-0.2, 0) is 16.4 Å². The summed E-state index contributed by atoms with van der Waals surface area (Å²) in [4.78, 5) is 6.21. The lowest BCUT2D eigenvalue weighted by Gasteiger charge is -2.24. The fourth-order valence-corrected chi connectivity index (χ4v) is 4.16. The van der Waals surface area contributed by atoms with Crippen LogP contribution in [-0.4, -0.2) is 48.2 Å². The molecule has 3 rings (SSSR count). The molecule has 118 valence electrons. The Kier molecular flexibility index (Phi) is 3.97. The topological polar surface area (TPSA) is 101 Å². The maximum atomic E-state index is 11.6. The fourth-order valence-electron chi connectivity index (χ4n) is 2.39. The number of rotatable bonds is 5. The predicted octanol–water partition coefficient (Wildman–Crippen LogP) is 0.700. The van der Waals surface area contributed by atoms with Crippen LogP contribution < -0.4 is 10.2 Å². The molecular formula is C13H17N5O3S. The number of aromatic nitrogens is 3. The molecule has 0 amide bonds. The molecule has 0 bridgehead atoms. The molecule has 0 aliphatic carbocycles. The van der Waals surface area contributed by atoms with E-state index in [0.717, 1.165) is 5.76 Å². The van der Waals surface area contributed by atoms with Gasteiger partial charge in [0.25, 0.3) is 0 Å². The number of anilines is 2. The van der Waals surface area contributed by atoms with Gasteiger partial charge in [-0.25, -0.2) is 8.42 Å². The highest BCUT2D eigenvalue weighted by atomic mass is 32.2. The summed E-state index contributed by atoms with van der Waals surface area (Å²) in [6.45, 7) is 0.458. The zero-order chi connectivity index (χ0) is 15.6. The maximum Gasteiger partial charge on any atom is 0.245 e. The number of hydrogen-bond donors (Lipinski definition) is 1. The second kappa shape index (κ2) is 5.91. The molecule has 8 nitrogen and oxygen atoms in total. The van der Waals surface area contributed by atoms with Crippen molar-refractivity contribution in [1.82, 2.24) is 15.2 Å². The van der Waals surface area contributed by atoms with Gasteiger partial charge in [-0.3, -0.25) is 0 Å². The van der Waals surface area contributed by atoms with E-state index < -0.39 is 9.84 Å². The van der Waals surface area contributed by atoms with Gasteiger partial charge in [-0.15, -0.1) is 5.10 Å². The van der Waals surface area contributed by atoms with Gasteiger partial charge in [0, 0.05) is 13.1 Å². The van der Waals surface area contributed by atoms with Gasteiger partial charge in [-0.05, 0) is 18.6 Å². The van der Waals surface area contributed by atoms with Crippen LogP contribution in [0.1, 0.15) is 12.2 Å². The molecule has 0 aromatic carbocycles. The number of furan rings is 1. The maximum absolute atomic E-state index is 11.6. The summed E-state index contributed by atoms with van der Waals surface area (Å²) >= 11 is 0. The van der Waals surface area contributed by atoms with Crippen molar-refractivity contribution in [2.75, 3.05) is 28.8 Å². The van der Waals surface area contributed by atoms with Crippen molar-refractivity contribution in [3.05, 3.63) is 30.4 Å². The highest BCUT2D eigenvalue weighted by Crippen LogP contribution is 2.21. The number of nitrogens with one attached hydrogen (secondary N) is 1. The quantitative estimate of drug-likeness (QED) is 0.858. The molecule has 3 heterocycles. The van der Waals surface area contributed by atoms with Crippen molar-refractivity contribution in [3.63, 3.8) is 0 Å². The van der Waals surface area contributed by atoms with Gasteiger partial charge >= 0.3 is 0 Å². The predicted molar refractivity (Wildman–Crippen MR) is 81.3 cm³/mol. The number of nitrogens with zero attached hydrogens (tertiary/aromatic N) is 4. The Morgan fingerprint density at radius 1 is 1.50 bits per heavy atom. The first-order valence-corrected chi connectivity index (χ1v) is 8.75. The van der Waals surface area contributed by atoms with Crippen LogP contribution in [0.3, 0.4) is 0 Å². The Bertz CT molecular complexity index is 732. The van der Waals surface area contributed by atoms with Crippen LogP contribution in [0, 0.1) is 0 Å². The Hall–Kier alpha value is -2.16. The molecule has 9 heteroatoms. The van der Waals surface area contributed by atoms with Crippen LogP contribution in [0.5, 0.6) is 0 Å². The molecule has 1 fully saturated rings. The zero-order valence-corrected chi connectivity index (χ0v) is 13.0. The minimum atomic E-state index is -2.93. The Labute approximate surface area is 128 Å². The fraction of sp³-hybridized carbons (Fsp3) is 0.462. The van der Waals surface area contributed by atoms with Crippen molar-refractivity contribution in [1.29, 1.82) is 0 Å². The summed E-state index contributed by atoms with van der Waals surface area (Å²) in [7, 11) is -1.11. The lowest BCUT2D eigenvalue weighted by molar-refractivity contribution is 0.517. The van der Waals surface area contributed by atoms with Crippen LogP contribution in [0.2, 0.25) is 0 Å². The molecule has 1 atom stereocenters. The van der Waals surface area contributed by atoms with Crippen molar-refractivity contribution in [3.8, 4) is 0 Å². The molecule has 22 heavy (non-hydrogen) atoms. The summed E-state index contributed by atoms with van der Waals surface area (Å²) in [5.41, 5.74) is 0. The van der Waals surface area contributed by atoms with Crippen LogP contribution >= 0.6 is 0 Å². The molecule has 0 radical (unpaired) electrons. The molecule has 1 N–H and O–H groups in total. The van der Waals surface area contributed by atoms with E-state index in [1.54, 1.807) is 12.3 Å². The van der Waals surface area contributed by atoms with Crippen LogP contribution in [0.25, 0.3) is 0 Å². The first-order chi connectivity index (χ1) is 10.5. The minimum absolute atomic E-state index is 0.0698. The monoisotopic (exact) mass is 323 g/mol. The van der Waals surface area contributed by atoms with E-state index >= 15 is 0 Å². The average molecular weight is 323 g/mol. The van der Waals surface area contributed by atoms with E-state index in [-0.39, 0.29) is 17.5 Å². The third-order valence-corrected chi connectivity index (χ3v) is 5.41. The summed E-state index contributed by atoms with van der Waals surface area (Å²) in [5, 5.41) is 10.9. The largest absolute Gasteiger partial charge is 0.467 e. The van der Waals surface area contributed by atoms with E-state index in [9.17, 15) is 8.42 Å². The lowest BCUT2D eigenvalue weighted by Crippen LogP contribution is -2.33. The second-order valence-electron chi connectivity index (χ2n) is 5.24. The molecule has 0 spiro atoms. The van der Waals surface area contributed by atoms with Gasteiger partial charge in [0.15, 0.2) is 15.7 Å². The van der Waals surface area contributed by atoms with E-state index in [0.29, 0.717) is 24.7 Å². The van der Waals surface area contributed by atoms with Gasteiger partial charge in [0.1, 0.15) is 5.76 Å². The normalized spacial score (nSPS) is 20.0. The molecule has 1 aliphatic heterocycles. The number of hydrogen-bond acceptors (Lipinski definition) is 8. The molecule has 0 saturated carbocycles. The van der Waals surface area contributed by atoms with E-state index in [1.807, 2.05) is 18.0 Å². The van der Waals surface area contributed by atoms with Gasteiger partial charge in [-0.2, -0.15) is 10.1 Å². The van der Waals surface area contributed by atoms with Gasteiger partial charge in [0.2, 0.25) is 5.95 Å². The Balaban J connectivity index is 1.68. The highest BCUT2D eigenvalue weighted by molar-refractivity contribution is 7.91. The standard InChI is InChI=1S/C13H17N5O3S/c1-18(10-4-6-22(19,20)9-10)12-8-15-17-13(16-12)14-7-11-3-2-5-21-11/h2-3,5,8,10H,4,6-7,9H2,1H3,(H,14,16,17).